The lowest BCUT2D eigenvalue weighted by atomic mass is 10.0. The first-order valence-electron chi connectivity index (χ1n) is 10.6. The number of amides is 3. The van der Waals surface area contributed by atoms with Gasteiger partial charge >= 0.3 is 11.9 Å². The summed E-state index contributed by atoms with van der Waals surface area (Å²) in [5.74, 6) is -5.14. The van der Waals surface area contributed by atoms with Gasteiger partial charge in [-0.15, -0.1) is 0 Å². The van der Waals surface area contributed by atoms with E-state index in [0.29, 0.717) is 5.69 Å². The zero-order valence-corrected chi connectivity index (χ0v) is 19.0. The number of aliphatic carboxylic acids is 2. The molecule has 0 aliphatic heterocycles. The van der Waals surface area contributed by atoms with Crippen LogP contribution in [0.4, 0.5) is 0 Å². The number of nitrogens with one attached hydrogen (secondary N) is 4. The van der Waals surface area contributed by atoms with E-state index in [9.17, 15) is 24.0 Å². The Bertz CT molecular complexity index is 844. The van der Waals surface area contributed by atoms with Crippen LogP contribution >= 0.6 is 0 Å². The van der Waals surface area contributed by atoms with Gasteiger partial charge in [0.15, 0.2) is 0 Å². The average molecular weight is 485 g/mol. The molecular formula is C20H32N6O8. The topological polar surface area (TPSA) is 237 Å². The first-order chi connectivity index (χ1) is 15.9. The van der Waals surface area contributed by atoms with Crippen LogP contribution in [-0.4, -0.2) is 85.7 Å². The molecule has 0 aliphatic carbocycles. The molecule has 14 heteroatoms. The van der Waals surface area contributed by atoms with Gasteiger partial charge in [0.1, 0.15) is 18.1 Å². The van der Waals surface area contributed by atoms with Crippen LogP contribution in [0.25, 0.3) is 0 Å². The van der Waals surface area contributed by atoms with Crippen molar-refractivity contribution in [3.63, 3.8) is 0 Å². The summed E-state index contributed by atoms with van der Waals surface area (Å²) in [7, 11) is 0. The molecule has 0 fully saturated rings. The summed E-state index contributed by atoms with van der Waals surface area (Å²) >= 11 is 0. The summed E-state index contributed by atoms with van der Waals surface area (Å²) in [6, 6.07) is -5.13. The smallest absolute Gasteiger partial charge is 0.328 e. The molecule has 0 saturated carbocycles. The maximum absolute atomic E-state index is 12.9. The molecule has 0 aliphatic rings. The highest BCUT2D eigenvalue weighted by Crippen LogP contribution is 2.08. The number of aromatic amines is 1. The Morgan fingerprint density at radius 2 is 1.59 bits per heavy atom. The van der Waals surface area contributed by atoms with Crippen molar-refractivity contribution < 1.29 is 39.3 Å². The molecule has 0 radical (unpaired) electrons. The van der Waals surface area contributed by atoms with Crippen molar-refractivity contribution in [1.82, 2.24) is 25.9 Å². The summed E-state index contributed by atoms with van der Waals surface area (Å²) in [5, 5.41) is 34.2. The summed E-state index contributed by atoms with van der Waals surface area (Å²) in [5.41, 5.74) is 6.46. The van der Waals surface area contributed by atoms with Crippen LogP contribution in [0.15, 0.2) is 12.5 Å². The van der Waals surface area contributed by atoms with Crippen LogP contribution in [0.2, 0.25) is 0 Å². The van der Waals surface area contributed by atoms with Gasteiger partial charge in [-0.1, -0.05) is 13.8 Å². The van der Waals surface area contributed by atoms with Crippen molar-refractivity contribution in [3.8, 4) is 0 Å². The number of carboxylic acids is 2. The minimum absolute atomic E-state index is 0.0925. The van der Waals surface area contributed by atoms with Crippen molar-refractivity contribution in [2.45, 2.75) is 63.7 Å². The SMILES string of the molecule is CC(C)CC(NC(=O)C(CCC(=O)O)NC(=O)C(N)Cc1cnc[nH]1)C(=O)NC(CO)C(=O)O. The van der Waals surface area contributed by atoms with Gasteiger partial charge in [-0.3, -0.25) is 19.2 Å². The molecule has 14 nitrogen and oxygen atoms in total. The lowest BCUT2D eigenvalue weighted by molar-refractivity contribution is -0.143. The van der Waals surface area contributed by atoms with Gasteiger partial charge in [-0.25, -0.2) is 9.78 Å². The van der Waals surface area contributed by atoms with E-state index in [4.69, 9.17) is 21.1 Å². The molecular weight excluding hydrogens is 452 g/mol. The number of aliphatic hydroxyl groups is 1. The Hall–Kier alpha value is -3.52. The molecule has 0 aromatic carbocycles. The Labute approximate surface area is 195 Å². The number of hydrogen-bond acceptors (Lipinski definition) is 8. The quantitative estimate of drug-likeness (QED) is 0.133. The maximum Gasteiger partial charge on any atom is 0.328 e. The van der Waals surface area contributed by atoms with Gasteiger partial charge in [0.2, 0.25) is 17.7 Å². The van der Waals surface area contributed by atoms with E-state index in [2.05, 4.69) is 25.9 Å². The fraction of sp³-hybridized carbons (Fsp3) is 0.600. The van der Waals surface area contributed by atoms with Crippen LogP contribution in [0.3, 0.4) is 0 Å². The number of carboxylic acid groups (broad SMARTS) is 2. The molecule has 0 spiro atoms. The Morgan fingerprint density at radius 1 is 1.00 bits per heavy atom. The summed E-state index contributed by atoms with van der Waals surface area (Å²) in [6.45, 7) is 2.69. The summed E-state index contributed by atoms with van der Waals surface area (Å²) in [6.07, 6.45) is 2.39. The third kappa shape index (κ3) is 9.95. The highest BCUT2D eigenvalue weighted by Gasteiger charge is 2.31. The molecule has 34 heavy (non-hydrogen) atoms. The molecule has 1 rings (SSSR count). The number of nitrogens with two attached hydrogens (primary N) is 1. The molecule has 1 aromatic rings. The number of hydrogen-bond donors (Lipinski definition) is 8. The largest absolute Gasteiger partial charge is 0.481 e. The Balaban J connectivity index is 2.94. The summed E-state index contributed by atoms with van der Waals surface area (Å²) < 4.78 is 0. The molecule has 190 valence electrons. The van der Waals surface area contributed by atoms with E-state index in [-0.39, 0.29) is 25.2 Å². The molecule has 3 amide bonds. The molecule has 0 saturated heterocycles. The number of H-pyrrole nitrogens is 1. The van der Waals surface area contributed by atoms with Crippen molar-refractivity contribution >= 4 is 29.7 Å². The number of rotatable bonds is 15. The fourth-order valence-electron chi connectivity index (χ4n) is 2.97. The number of aromatic nitrogens is 2. The molecule has 9 N–H and O–H groups in total. The maximum atomic E-state index is 12.9. The normalized spacial score (nSPS) is 14.5. The van der Waals surface area contributed by atoms with Crippen molar-refractivity contribution in [1.29, 1.82) is 0 Å². The fourth-order valence-corrected chi connectivity index (χ4v) is 2.97. The third-order valence-electron chi connectivity index (χ3n) is 4.75. The number of carbonyl (C=O) groups excluding carboxylic acids is 3. The lowest BCUT2D eigenvalue weighted by Crippen LogP contribution is -2.57. The molecule has 4 atom stereocenters. The minimum Gasteiger partial charge on any atom is -0.481 e. The van der Waals surface area contributed by atoms with E-state index >= 15 is 0 Å². The second kappa shape index (κ2) is 13.9. The second-order valence-corrected chi connectivity index (χ2v) is 8.15. The van der Waals surface area contributed by atoms with E-state index in [0.717, 1.165) is 0 Å². The molecule has 4 unspecified atom stereocenters. The monoisotopic (exact) mass is 484 g/mol. The first kappa shape index (κ1) is 28.5. The van der Waals surface area contributed by atoms with Crippen LogP contribution < -0.4 is 21.7 Å². The Morgan fingerprint density at radius 3 is 2.09 bits per heavy atom. The van der Waals surface area contributed by atoms with Gasteiger partial charge in [0.05, 0.1) is 19.0 Å². The van der Waals surface area contributed by atoms with Crippen molar-refractivity contribution in [3.05, 3.63) is 18.2 Å². The predicted molar refractivity (Wildman–Crippen MR) is 117 cm³/mol. The predicted octanol–water partition coefficient (Wildman–Crippen LogP) is -2.28. The first-order valence-corrected chi connectivity index (χ1v) is 10.6. The standard InChI is InChI=1S/C20H32N6O8/c1-10(2)5-14(19(32)26-15(8-27)20(33)34)25-18(31)13(3-4-16(28)29)24-17(30)12(21)6-11-7-22-9-23-11/h7,9-10,12-15,27H,3-6,8,21H2,1-2H3,(H,22,23)(H,24,30)(H,25,31)(H,26,32)(H,28,29)(H,33,34). The van der Waals surface area contributed by atoms with E-state index < -0.39 is 66.9 Å². The average Bonchev–Trinajstić information content (AvgIpc) is 3.26. The van der Waals surface area contributed by atoms with Gasteiger partial charge in [-0.2, -0.15) is 0 Å². The minimum atomic E-state index is -1.57. The molecule has 1 heterocycles. The van der Waals surface area contributed by atoms with Crippen LogP contribution in [0.1, 0.15) is 38.8 Å². The number of imidazole rings is 1. The van der Waals surface area contributed by atoms with E-state index in [1.807, 2.05) is 0 Å². The Kier molecular flexibility index (Phi) is 11.7. The zero-order chi connectivity index (χ0) is 25.8. The number of carbonyl (C=O) groups is 5. The summed E-state index contributed by atoms with van der Waals surface area (Å²) in [4.78, 5) is 66.7. The zero-order valence-electron chi connectivity index (χ0n) is 19.0. The van der Waals surface area contributed by atoms with Gasteiger partial charge in [0.25, 0.3) is 0 Å². The van der Waals surface area contributed by atoms with E-state index in [1.165, 1.54) is 12.5 Å². The van der Waals surface area contributed by atoms with Crippen LogP contribution in [0.5, 0.6) is 0 Å². The number of aliphatic hydroxyl groups excluding tert-OH is 1. The second-order valence-electron chi connectivity index (χ2n) is 8.15. The van der Waals surface area contributed by atoms with E-state index in [1.54, 1.807) is 13.8 Å². The van der Waals surface area contributed by atoms with Crippen molar-refractivity contribution in [2.75, 3.05) is 6.61 Å². The number of nitrogens with zero attached hydrogens (tertiary/aromatic N) is 1. The van der Waals surface area contributed by atoms with Gasteiger partial charge in [0, 0.05) is 24.7 Å². The van der Waals surface area contributed by atoms with Crippen LogP contribution in [-0.2, 0) is 30.4 Å². The van der Waals surface area contributed by atoms with Crippen LogP contribution in [0, 0.1) is 5.92 Å². The van der Waals surface area contributed by atoms with Gasteiger partial charge in [-0.05, 0) is 18.8 Å². The highest BCUT2D eigenvalue weighted by molar-refractivity contribution is 5.94. The molecule has 1 aromatic heterocycles. The van der Waals surface area contributed by atoms with Gasteiger partial charge < -0.3 is 42.0 Å². The molecule has 0 bridgehead atoms. The highest BCUT2D eigenvalue weighted by atomic mass is 16.4. The van der Waals surface area contributed by atoms with Crippen molar-refractivity contribution in [2.24, 2.45) is 11.7 Å². The third-order valence-corrected chi connectivity index (χ3v) is 4.75. The lowest BCUT2D eigenvalue weighted by Gasteiger charge is -2.25.